The SMILES string of the molecule is Cc1ccc(C)c(S(=O)(=O)NCCC(=O)Nc2ccc(OC(F)F)cc2)c1. The first-order valence-electron chi connectivity index (χ1n) is 8.09. The Morgan fingerprint density at radius 2 is 1.78 bits per heavy atom. The highest BCUT2D eigenvalue weighted by Crippen LogP contribution is 2.18. The standard InChI is InChI=1S/C18H20F2N2O4S/c1-12-3-4-13(2)16(11-12)27(24,25)21-10-9-17(23)22-14-5-7-15(8-6-14)26-18(19)20/h3-8,11,18,21H,9-10H2,1-2H3,(H,22,23). The van der Waals surface area contributed by atoms with Crippen molar-refractivity contribution in [2.45, 2.75) is 31.8 Å². The molecule has 0 saturated heterocycles. The maximum Gasteiger partial charge on any atom is 0.387 e. The summed E-state index contributed by atoms with van der Waals surface area (Å²) in [5, 5.41) is 2.55. The number of aryl methyl sites for hydroxylation is 2. The van der Waals surface area contributed by atoms with Crippen molar-refractivity contribution in [3.05, 3.63) is 53.6 Å². The molecule has 0 aliphatic carbocycles. The number of alkyl halides is 2. The van der Waals surface area contributed by atoms with E-state index >= 15 is 0 Å². The number of nitrogens with one attached hydrogen (secondary N) is 2. The van der Waals surface area contributed by atoms with Crippen LogP contribution in [-0.4, -0.2) is 27.5 Å². The Kier molecular flexibility index (Phi) is 6.86. The molecular formula is C18H20F2N2O4S. The van der Waals surface area contributed by atoms with Gasteiger partial charge in [0.15, 0.2) is 0 Å². The lowest BCUT2D eigenvalue weighted by Gasteiger charge is -2.10. The van der Waals surface area contributed by atoms with E-state index in [1.165, 1.54) is 24.3 Å². The molecule has 9 heteroatoms. The third-order valence-corrected chi connectivity index (χ3v) is 5.24. The summed E-state index contributed by atoms with van der Waals surface area (Å²) in [6, 6.07) is 10.5. The Labute approximate surface area is 156 Å². The zero-order valence-corrected chi connectivity index (χ0v) is 15.6. The highest BCUT2D eigenvalue weighted by Gasteiger charge is 2.17. The molecule has 0 aliphatic rings. The van der Waals surface area contributed by atoms with Crippen LogP contribution in [0, 0.1) is 13.8 Å². The third-order valence-electron chi connectivity index (χ3n) is 3.64. The zero-order chi connectivity index (χ0) is 20.0. The number of sulfonamides is 1. The van der Waals surface area contributed by atoms with Gasteiger partial charge < -0.3 is 10.1 Å². The summed E-state index contributed by atoms with van der Waals surface area (Å²) < 4.78 is 55.5. The van der Waals surface area contributed by atoms with Gasteiger partial charge in [0.2, 0.25) is 15.9 Å². The Balaban J connectivity index is 1.87. The van der Waals surface area contributed by atoms with Crippen LogP contribution in [0.2, 0.25) is 0 Å². The van der Waals surface area contributed by atoms with Crippen LogP contribution in [0.1, 0.15) is 17.5 Å². The van der Waals surface area contributed by atoms with Crippen LogP contribution in [0.25, 0.3) is 0 Å². The number of carbonyl (C=O) groups excluding carboxylic acids is 1. The highest BCUT2D eigenvalue weighted by atomic mass is 32.2. The van der Waals surface area contributed by atoms with E-state index in [2.05, 4.69) is 14.8 Å². The van der Waals surface area contributed by atoms with E-state index in [-0.39, 0.29) is 23.6 Å². The average Bonchev–Trinajstić information content (AvgIpc) is 2.58. The largest absolute Gasteiger partial charge is 0.435 e. The fourth-order valence-electron chi connectivity index (χ4n) is 2.32. The minimum atomic E-state index is -3.72. The van der Waals surface area contributed by atoms with E-state index in [1.54, 1.807) is 26.0 Å². The molecule has 2 rings (SSSR count). The summed E-state index contributed by atoms with van der Waals surface area (Å²) in [5.41, 5.74) is 1.82. The van der Waals surface area contributed by atoms with Crippen LogP contribution in [0.15, 0.2) is 47.4 Å². The topological polar surface area (TPSA) is 84.5 Å². The lowest BCUT2D eigenvalue weighted by molar-refractivity contribution is -0.116. The minimum absolute atomic E-state index is 0.0238. The van der Waals surface area contributed by atoms with Crippen LogP contribution in [0.4, 0.5) is 14.5 Å². The fraction of sp³-hybridized carbons (Fsp3) is 0.278. The van der Waals surface area contributed by atoms with E-state index in [4.69, 9.17) is 0 Å². The van der Waals surface area contributed by atoms with E-state index in [0.29, 0.717) is 11.3 Å². The number of halogens is 2. The molecule has 1 amide bonds. The maximum atomic E-state index is 12.4. The molecule has 0 radical (unpaired) electrons. The molecule has 0 aromatic heterocycles. The van der Waals surface area contributed by atoms with Crippen molar-refractivity contribution in [1.82, 2.24) is 4.72 Å². The van der Waals surface area contributed by atoms with Gasteiger partial charge in [0.25, 0.3) is 0 Å². The number of hydrogen-bond donors (Lipinski definition) is 2. The molecule has 0 unspecified atom stereocenters. The van der Waals surface area contributed by atoms with E-state index in [1.807, 2.05) is 6.07 Å². The Morgan fingerprint density at radius 1 is 1.11 bits per heavy atom. The third kappa shape index (κ3) is 6.30. The number of ether oxygens (including phenoxy) is 1. The summed E-state index contributed by atoms with van der Waals surface area (Å²) in [6.45, 7) is 0.496. The number of rotatable bonds is 8. The molecule has 0 fully saturated rings. The zero-order valence-electron chi connectivity index (χ0n) is 14.8. The van der Waals surface area contributed by atoms with Gasteiger partial charge in [0, 0.05) is 18.7 Å². The van der Waals surface area contributed by atoms with Gasteiger partial charge in [-0.2, -0.15) is 8.78 Å². The monoisotopic (exact) mass is 398 g/mol. The maximum absolute atomic E-state index is 12.4. The van der Waals surface area contributed by atoms with Crippen molar-refractivity contribution >= 4 is 21.6 Å². The Morgan fingerprint density at radius 3 is 2.41 bits per heavy atom. The Hall–Kier alpha value is -2.52. The molecule has 2 N–H and O–H groups in total. The minimum Gasteiger partial charge on any atom is -0.435 e. The molecule has 2 aromatic carbocycles. The predicted octanol–water partition coefficient (Wildman–Crippen LogP) is 3.21. The van der Waals surface area contributed by atoms with E-state index < -0.39 is 22.5 Å². The molecule has 0 atom stereocenters. The number of benzene rings is 2. The smallest absolute Gasteiger partial charge is 0.387 e. The van der Waals surface area contributed by atoms with Gasteiger partial charge >= 0.3 is 6.61 Å². The van der Waals surface area contributed by atoms with Gasteiger partial charge in [0.1, 0.15) is 5.75 Å². The first-order valence-corrected chi connectivity index (χ1v) is 9.57. The molecule has 2 aromatic rings. The van der Waals surface area contributed by atoms with E-state index in [0.717, 1.165) is 5.56 Å². The van der Waals surface area contributed by atoms with Crippen molar-refractivity contribution in [3.8, 4) is 5.75 Å². The fourth-order valence-corrected chi connectivity index (χ4v) is 3.68. The van der Waals surface area contributed by atoms with Crippen LogP contribution in [-0.2, 0) is 14.8 Å². The lowest BCUT2D eigenvalue weighted by Crippen LogP contribution is -2.28. The molecule has 0 saturated carbocycles. The van der Waals surface area contributed by atoms with Crippen molar-refractivity contribution in [2.24, 2.45) is 0 Å². The lowest BCUT2D eigenvalue weighted by atomic mass is 10.2. The van der Waals surface area contributed by atoms with Crippen LogP contribution < -0.4 is 14.8 Å². The summed E-state index contributed by atoms with van der Waals surface area (Å²) in [7, 11) is -3.72. The second-order valence-corrected chi connectivity index (χ2v) is 7.60. The van der Waals surface area contributed by atoms with Crippen molar-refractivity contribution < 1.29 is 26.7 Å². The van der Waals surface area contributed by atoms with Gasteiger partial charge in [0.05, 0.1) is 4.90 Å². The molecule has 27 heavy (non-hydrogen) atoms. The molecular weight excluding hydrogens is 378 g/mol. The second-order valence-electron chi connectivity index (χ2n) is 5.87. The first-order chi connectivity index (χ1) is 12.7. The van der Waals surface area contributed by atoms with Crippen LogP contribution >= 0.6 is 0 Å². The summed E-state index contributed by atoms with van der Waals surface area (Å²) in [4.78, 5) is 12.1. The molecule has 146 valence electrons. The average molecular weight is 398 g/mol. The van der Waals surface area contributed by atoms with Gasteiger partial charge in [-0.25, -0.2) is 13.1 Å². The Bertz CT molecular complexity index is 900. The second kappa shape index (κ2) is 8.92. The van der Waals surface area contributed by atoms with Crippen molar-refractivity contribution in [2.75, 3.05) is 11.9 Å². The number of amides is 1. The number of carbonyl (C=O) groups is 1. The van der Waals surface area contributed by atoms with E-state index in [9.17, 15) is 22.0 Å². The number of anilines is 1. The molecule has 6 nitrogen and oxygen atoms in total. The predicted molar refractivity (Wildman–Crippen MR) is 97.4 cm³/mol. The highest BCUT2D eigenvalue weighted by molar-refractivity contribution is 7.89. The summed E-state index contributed by atoms with van der Waals surface area (Å²) >= 11 is 0. The first kappa shape index (κ1) is 20.8. The van der Waals surface area contributed by atoms with Crippen LogP contribution in [0.3, 0.4) is 0 Å². The molecule has 0 aliphatic heterocycles. The normalized spacial score (nSPS) is 11.4. The molecule has 0 spiro atoms. The number of hydrogen-bond acceptors (Lipinski definition) is 4. The molecule has 0 heterocycles. The van der Waals surface area contributed by atoms with Gasteiger partial charge in [-0.05, 0) is 55.3 Å². The summed E-state index contributed by atoms with van der Waals surface area (Å²) in [6.07, 6.45) is -0.0839. The van der Waals surface area contributed by atoms with Crippen molar-refractivity contribution in [3.63, 3.8) is 0 Å². The van der Waals surface area contributed by atoms with Gasteiger partial charge in [-0.15, -0.1) is 0 Å². The quantitative estimate of drug-likeness (QED) is 0.715. The van der Waals surface area contributed by atoms with Crippen molar-refractivity contribution in [1.29, 1.82) is 0 Å². The van der Waals surface area contributed by atoms with Gasteiger partial charge in [-0.1, -0.05) is 12.1 Å². The molecule has 0 bridgehead atoms. The van der Waals surface area contributed by atoms with Crippen LogP contribution in [0.5, 0.6) is 5.75 Å². The summed E-state index contributed by atoms with van der Waals surface area (Å²) in [5.74, 6) is -0.439. The van der Waals surface area contributed by atoms with Gasteiger partial charge in [-0.3, -0.25) is 4.79 Å².